The molecule has 0 saturated carbocycles. The van der Waals surface area contributed by atoms with Crippen LogP contribution in [0.15, 0.2) is 0 Å². The van der Waals surface area contributed by atoms with E-state index < -0.39 is 6.10 Å². The van der Waals surface area contributed by atoms with Gasteiger partial charge in [-0.05, 0) is 13.8 Å². The summed E-state index contributed by atoms with van der Waals surface area (Å²) in [5, 5.41) is 17.1. The number of aliphatic hydroxyl groups excluding tert-OH is 2. The third kappa shape index (κ3) is 4.69. The van der Waals surface area contributed by atoms with Crippen LogP contribution >= 0.6 is 0 Å². The molecule has 0 spiro atoms. The van der Waals surface area contributed by atoms with Gasteiger partial charge in [0.25, 0.3) is 0 Å². The fourth-order valence-corrected chi connectivity index (χ4v) is 0.273. The molecular weight excluding hydrogens is 136 g/mol. The second-order valence-electron chi connectivity index (χ2n) is 2.09. The summed E-state index contributed by atoms with van der Waals surface area (Å²) in [6, 6.07) is 0. The molecule has 10 heavy (non-hydrogen) atoms. The van der Waals surface area contributed by atoms with Crippen LogP contribution < -0.4 is 0 Å². The fourth-order valence-electron chi connectivity index (χ4n) is 0.273. The molecular formula is C6H14O4. The van der Waals surface area contributed by atoms with Crippen LogP contribution in [0.1, 0.15) is 13.8 Å². The number of aliphatic hydroxyl groups is 2. The molecule has 0 heterocycles. The highest BCUT2D eigenvalue weighted by atomic mass is 17.2. The average molecular weight is 150 g/mol. The first-order valence-electron chi connectivity index (χ1n) is 3.25. The molecule has 4 nitrogen and oxygen atoms in total. The van der Waals surface area contributed by atoms with Gasteiger partial charge in [0.1, 0.15) is 12.7 Å². The molecule has 0 aromatic heterocycles. The molecule has 0 bridgehead atoms. The molecule has 0 aliphatic heterocycles. The van der Waals surface area contributed by atoms with Crippen molar-refractivity contribution >= 4 is 0 Å². The van der Waals surface area contributed by atoms with Gasteiger partial charge in [0.15, 0.2) is 0 Å². The van der Waals surface area contributed by atoms with Gasteiger partial charge in [-0.3, -0.25) is 0 Å². The van der Waals surface area contributed by atoms with Gasteiger partial charge in [-0.15, -0.1) is 0 Å². The van der Waals surface area contributed by atoms with Crippen molar-refractivity contribution in [2.75, 3.05) is 13.2 Å². The van der Waals surface area contributed by atoms with Crippen LogP contribution in [-0.4, -0.2) is 35.6 Å². The van der Waals surface area contributed by atoms with Gasteiger partial charge in [0.05, 0.1) is 12.7 Å². The second kappa shape index (κ2) is 5.61. The summed E-state index contributed by atoms with van der Waals surface area (Å²) in [6.07, 6.45) is -0.912. The van der Waals surface area contributed by atoms with E-state index in [-0.39, 0.29) is 19.3 Å². The van der Waals surface area contributed by atoms with Crippen molar-refractivity contribution in [1.29, 1.82) is 0 Å². The van der Waals surface area contributed by atoms with Gasteiger partial charge >= 0.3 is 0 Å². The number of hydrogen-bond acceptors (Lipinski definition) is 4. The Kier molecular flexibility index (Phi) is 5.52. The molecule has 4 heteroatoms. The van der Waals surface area contributed by atoms with Crippen LogP contribution in [0.5, 0.6) is 0 Å². The van der Waals surface area contributed by atoms with E-state index in [1.807, 2.05) is 0 Å². The Morgan fingerprint density at radius 3 is 2.40 bits per heavy atom. The molecule has 0 aromatic rings. The smallest absolute Gasteiger partial charge is 0.116 e. The van der Waals surface area contributed by atoms with Gasteiger partial charge in [0.2, 0.25) is 0 Å². The van der Waals surface area contributed by atoms with E-state index in [0.29, 0.717) is 0 Å². The summed E-state index contributed by atoms with van der Waals surface area (Å²) >= 11 is 0. The van der Waals surface area contributed by atoms with Crippen molar-refractivity contribution in [3.63, 3.8) is 0 Å². The monoisotopic (exact) mass is 150 g/mol. The van der Waals surface area contributed by atoms with Crippen molar-refractivity contribution in [2.24, 2.45) is 0 Å². The van der Waals surface area contributed by atoms with E-state index >= 15 is 0 Å². The summed E-state index contributed by atoms with van der Waals surface area (Å²) in [6.45, 7) is 3.35. The van der Waals surface area contributed by atoms with Gasteiger partial charge in [-0.1, -0.05) is 0 Å². The molecule has 0 amide bonds. The molecule has 2 N–H and O–H groups in total. The Morgan fingerprint density at radius 2 is 2.00 bits per heavy atom. The van der Waals surface area contributed by atoms with Gasteiger partial charge in [-0.2, -0.15) is 0 Å². The molecule has 0 aliphatic rings. The fraction of sp³-hybridized carbons (Fsp3) is 1.00. The normalized spacial score (nSPS) is 16.8. The van der Waals surface area contributed by atoms with Crippen molar-refractivity contribution in [3.8, 4) is 0 Å². The standard InChI is InChI=1S/C6H14O4/c1-5(8)6(2)10-9-4-3-7/h5-8H,3-4H2,1-2H3. The zero-order chi connectivity index (χ0) is 7.98. The first-order chi connectivity index (χ1) is 4.68. The molecule has 62 valence electrons. The molecule has 0 rings (SSSR count). The van der Waals surface area contributed by atoms with E-state index in [2.05, 4.69) is 9.78 Å². The lowest BCUT2D eigenvalue weighted by atomic mass is 10.3. The minimum Gasteiger partial charge on any atom is -0.394 e. The van der Waals surface area contributed by atoms with Crippen LogP contribution in [-0.2, 0) is 9.78 Å². The van der Waals surface area contributed by atoms with Crippen molar-refractivity contribution in [2.45, 2.75) is 26.1 Å². The van der Waals surface area contributed by atoms with Crippen LogP contribution in [0.2, 0.25) is 0 Å². The second-order valence-corrected chi connectivity index (χ2v) is 2.09. The lowest BCUT2D eigenvalue weighted by Crippen LogP contribution is -2.23. The zero-order valence-corrected chi connectivity index (χ0v) is 6.28. The maximum atomic E-state index is 8.85. The lowest BCUT2D eigenvalue weighted by Gasteiger charge is -2.13. The lowest BCUT2D eigenvalue weighted by molar-refractivity contribution is -0.335. The molecule has 0 saturated heterocycles. The van der Waals surface area contributed by atoms with E-state index in [1.54, 1.807) is 13.8 Å². The van der Waals surface area contributed by atoms with E-state index in [0.717, 1.165) is 0 Å². The zero-order valence-electron chi connectivity index (χ0n) is 6.28. The van der Waals surface area contributed by atoms with Gasteiger partial charge in [-0.25, -0.2) is 9.78 Å². The van der Waals surface area contributed by atoms with Crippen LogP contribution in [0, 0.1) is 0 Å². The quantitative estimate of drug-likeness (QED) is 0.321. The van der Waals surface area contributed by atoms with Crippen LogP contribution in [0.3, 0.4) is 0 Å². The summed E-state index contributed by atoms with van der Waals surface area (Å²) in [4.78, 5) is 9.13. The molecule has 0 aromatic carbocycles. The molecule has 2 unspecified atom stereocenters. The highest BCUT2D eigenvalue weighted by Gasteiger charge is 2.08. The topological polar surface area (TPSA) is 58.9 Å². The summed E-state index contributed by atoms with van der Waals surface area (Å²) in [7, 11) is 0. The Bertz CT molecular complexity index is 74.1. The summed E-state index contributed by atoms with van der Waals surface area (Å²) in [5.41, 5.74) is 0. The molecule has 2 atom stereocenters. The summed E-state index contributed by atoms with van der Waals surface area (Å²) < 4.78 is 0. The Labute approximate surface area is 60.3 Å². The third-order valence-electron chi connectivity index (χ3n) is 1.07. The number of hydrogen-bond donors (Lipinski definition) is 2. The average Bonchev–Trinajstić information content (AvgIpc) is 1.88. The Hall–Kier alpha value is -0.160. The van der Waals surface area contributed by atoms with Crippen LogP contribution in [0.25, 0.3) is 0 Å². The molecule has 0 fully saturated rings. The van der Waals surface area contributed by atoms with E-state index in [4.69, 9.17) is 10.2 Å². The van der Waals surface area contributed by atoms with E-state index in [1.165, 1.54) is 0 Å². The minimum absolute atomic E-state index is 0.0769. The van der Waals surface area contributed by atoms with Crippen molar-refractivity contribution < 1.29 is 20.0 Å². The predicted molar refractivity (Wildman–Crippen MR) is 35.3 cm³/mol. The Balaban J connectivity index is 3.13. The highest BCUT2D eigenvalue weighted by molar-refractivity contribution is 4.53. The predicted octanol–water partition coefficient (Wildman–Crippen LogP) is -0.304. The largest absolute Gasteiger partial charge is 0.394 e. The number of rotatable bonds is 5. The van der Waals surface area contributed by atoms with Crippen molar-refractivity contribution in [3.05, 3.63) is 0 Å². The maximum Gasteiger partial charge on any atom is 0.116 e. The maximum absolute atomic E-state index is 8.85. The summed E-state index contributed by atoms with van der Waals surface area (Å²) in [5.74, 6) is 0. The van der Waals surface area contributed by atoms with Gasteiger partial charge < -0.3 is 10.2 Å². The van der Waals surface area contributed by atoms with Gasteiger partial charge in [0, 0.05) is 0 Å². The SMILES string of the molecule is CC(O)C(C)OOCCO. The first-order valence-corrected chi connectivity index (χ1v) is 3.25. The highest BCUT2D eigenvalue weighted by Crippen LogP contribution is 1.97. The molecule has 0 radical (unpaired) electrons. The van der Waals surface area contributed by atoms with Crippen LogP contribution in [0.4, 0.5) is 0 Å². The third-order valence-corrected chi connectivity index (χ3v) is 1.07. The first kappa shape index (κ1) is 9.84. The molecule has 0 aliphatic carbocycles. The Morgan fingerprint density at radius 1 is 1.40 bits per heavy atom. The van der Waals surface area contributed by atoms with E-state index in [9.17, 15) is 0 Å². The van der Waals surface area contributed by atoms with Crippen molar-refractivity contribution in [1.82, 2.24) is 0 Å². The minimum atomic E-state index is -0.557.